The number of pyridine rings is 1. The van der Waals surface area contributed by atoms with Crippen LogP contribution in [-0.4, -0.2) is 41.6 Å². The molecule has 186 valence electrons. The van der Waals surface area contributed by atoms with E-state index in [0.29, 0.717) is 40.4 Å². The molecule has 1 atom stereocenters. The van der Waals surface area contributed by atoms with Gasteiger partial charge in [-0.25, -0.2) is 4.98 Å². The topological polar surface area (TPSA) is 116 Å². The first-order valence-electron chi connectivity index (χ1n) is 12.1. The van der Waals surface area contributed by atoms with Gasteiger partial charge in [-0.1, -0.05) is 0 Å². The van der Waals surface area contributed by atoms with Gasteiger partial charge in [0.15, 0.2) is 5.11 Å². The van der Waals surface area contributed by atoms with Crippen molar-refractivity contribution in [3.05, 3.63) is 34.3 Å². The molecular formula is C24H30N6O3S2. The summed E-state index contributed by atoms with van der Waals surface area (Å²) in [5, 5.41) is 10.7. The van der Waals surface area contributed by atoms with Crippen LogP contribution < -0.4 is 31.5 Å². The second kappa shape index (κ2) is 10.4. The Morgan fingerprint density at radius 3 is 2.71 bits per heavy atom. The molecule has 2 aromatic heterocycles. The van der Waals surface area contributed by atoms with Crippen LogP contribution in [0.4, 0.5) is 10.7 Å². The Kier molecular flexibility index (Phi) is 7.05. The van der Waals surface area contributed by atoms with Crippen molar-refractivity contribution in [3.63, 3.8) is 0 Å². The molecule has 5 N–H and O–H groups in total. The van der Waals surface area contributed by atoms with Gasteiger partial charge in [-0.3, -0.25) is 20.4 Å². The van der Waals surface area contributed by atoms with E-state index < -0.39 is 0 Å². The molecule has 3 aliphatic carbocycles. The number of nitrogens with one attached hydrogen (secondary N) is 5. The molecule has 0 saturated heterocycles. The van der Waals surface area contributed by atoms with E-state index in [1.807, 2.05) is 6.07 Å². The third-order valence-electron chi connectivity index (χ3n) is 6.52. The first-order chi connectivity index (χ1) is 17.0. The lowest BCUT2D eigenvalue weighted by Gasteiger charge is -2.25. The van der Waals surface area contributed by atoms with Crippen LogP contribution in [-0.2, 0) is 17.6 Å². The van der Waals surface area contributed by atoms with Crippen LogP contribution in [0.3, 0.4) is 0 Å². The zero-order valence-electron chi connectivity index (χ0n) is 19.6. The molecule has 2 fully saturated rings. The molecule has 0 radical (unpaired) electrons. The molecule has 2 amide bonds. The highest BCUT2D eigenvalue weighted by Crippen LogP contribution is 2.40. The van der Waals surface area contributed by atoms with Gasteiger partial charge in [0.2, 0.25) is 11.8 Å². The summed E-state index contributed by atoms with van der Waals surface area (Å²) in [5.41, 5.74) is 8.43. The highest BCUT2D eigenvalue weighted by Gasteiger charge is 2.34. The fourth-order valence-corrected chi connectivity index (χ4v) is 5.63. The minimum Gasteiger partial charge on any atom is -0.481 e. The lowest BCUT2D eigenvalue weighted by Crippen LogP contribution is -2.46. The van der Waals surface area contributed by atoms with Crippen LogP contribution in [0.1, 0.15) is 52.9 Å². The van der Waals surface area contributed by atoms with E-state index >= 15 is 0 Å². The lowest BCUT2D eigenvalue weighted by atomic mass is 9.91. The molecule has 3 aliphatic rings. The van der Waals surface area contributed by atoms with E-state index in [1.54, 1.807) is 30.7 Å². The number of carbonyl (C=O) groups excluding carboxylic acids is 2. The number of hydrazine groups is 1. The summed E-state index contributed by atoms with van der Waals surface area (Å²) in [5.74, 6) is 1.15. The molecule has 11 heteroatoms. The maximum atomic E-state index is 13.2. The van der Waals surface area contributed by atoms with Gasteiger partial charge in [-0.15, -0.1) is 11.3 Å². The molecule has 2 heterocycles. The molecule has 0 unspecified atom stereocenters. The molecule has 2 aromatic rings. The van der Waals surface area contributed by atoms with E-state index in [9.17, 15) is 9.59 Å². The summed E-state index contributed by atoms with van der Waals surface area (Å²) in [4.78, 5) is 31.0. The number of hydrogen-bond acceptors (Lipinski definition) is 7. The maximum Gasteiger partial charge on any atom is 0.254 e. The number of fused-ring (bicyclic) bond motifs is 1. The molecule has 5 rings (SSSR count). The second-order valence-electron chi connectivity index (χ2n) is 9.38. The van der Waals surface area contributed by atoms with E-state index in [0.717, 1.165) is 36.9 Å². The third-order valence-corrected chi connectivity index (χ3v) is 7.95. The van der Waals surface area contributed by atoms with Crippen molar-refractivity contribution in [2.45, 2.75) is 51.0 Å². The molecule has 0 bridgehead atoms. The molecule has 0 aromatic carbocycles. The molecule has 0 spiro atoms. The number of thiophene rings is 1. The van der Waals surface area contributed by atoms with Crippen molar-refractivity contribution >= 4 is 51.2 Å². The molecule has 0 aliphatic heterocycles. The predicted octanol–water partition coefficient (Wildman–Crippen LogP) is 2.99. The summed E-state index contributed by atoms with van der Waals surface area (Å²) in [6.45, 7) is 0.695. The zero-order valence-corrected chi connectivity index (χ0v) is 21.2. The SMILES string of the molecule is COc1ccc(NNC(=S)N[C@H]2CCc3sc(NC(=O)C4CC4)c(C(=O)NCC4CC4)c3C2)cn1. The van der Waals surface area contributed by atoms with Crippen molar-refractivity contribution in [1.82, 2.24) is 21.0 Å². The van der Waals surface area contributed by atoms with E-state index in [2.05, 4.69) is 31.8 Å². The van der Waals surface area contributed by atoms with Crippen molar-refractivity contribution in [2.75, 3.05) is 24.4 Å². The first-order valence-corrected chi connectivity index (χ1v) is 13.3. The van der Waals surface area contributed by atoms with Crippen LogP contribution in [0.5, 0.6) is 5.88 Å². The smallest absolute Gasteiger partial charge is 0.254 e. The average Bonchev–Trinajstić information content (AvgIpc) is 3.78. The second-order valence-corrected chi connectivity index (χ2v) is 10.9. The molecule has 35 heavy (non-hydrogen) atoms. The van der Waals surface area contributed by atoms with Crippen LogP contribution in [0.25, 0.3) is 0 Å². The van der Waals surface area contributed by atoms with Gasteiger partial charge in [-0.2, -0.15) is 0 Å². The van der Waals surface area contributed by atoms with E-state index in [1.165, 1.54) is 17.7 Å². The van der Waals surface area contributed by atoms with Gasteiger partial charge in [0.05, 0.1) is 24.6 Å². The summed E-state index contributed by atoms with van der Waals surface area (Å²) in [6.07, 6.45) is 8.24. The standard InChI is InChI=1S/C24H30N6O3S2/c1-33-19-9-7-16(12-25-19)29-30-24(34)27-15-6-8-18-17(10-15)20(22(32)26-11-13-2-3-13)23(35-18)28-21(31)14-4-5-14/h7,9,12-15,29H,2-6,8,10-11H2,1H3,(H,26,32)(H,28,31)(H2,27,30,34)/t15-/m0/s1. The Labute approximate surface area is 213 Å². The van der Waals surface area contributed by atoms with Crippen molar-refractivity contribution in [1.29, 1.82) is 0 Å². The zero-order chi connectivity index (χ0) is 24.4. The molecular weight excluding hydrogens is 484 g/mol. The van der Waals surface area contributed by atoms with E-state index in [-0.39, 0.29) is 23.8 Å². The number of carbonyl (C=O) groups is 2. The molecule has 2 saturated carbocycles. The van der Waals surface area contributed by atoms with Crippen molar-refractivity contribution in [2.24, 2.45) is 11.8 Å². The summed E-state index contributed by atoms with van der Waals surface area (Å²) in [6, 6.07) is 3.67. The summed E-state index contributed by atoms with van der Waals surface area (Å²) < 4.78 is 5.07. The highest BCUT2D eigenvalue weighted by atomic mass is 32.1. The Morgan fingerprint density at radius 1 is 1.20 bits per heavy atom. The van der Waals surface area contributed by atoms with Gasteiger partial charge in [0.1, 0.15) is 5.00 Å². The number of aromatic nitrogens is 1. The number of hydrogen-bond donors (Lipinski definition) is 5. The normalized spacial score (nSPS) is 18.7. The summed E-state index contributed by atoms with van der Waals surface area (Å²) in [7, 11) is 1.57. The molecule has 9 nitrogen and oxygen atoms in total. The number of thiocarbonyl (C=S) groups is 1. The number of methoxy groups -OCH3 is 1. The van der Waals surface area contributed by atoms with Gasteiger partial charge >= 0.3 is 0 Å². The monoisotopic (exact) mass is 514 g/mol. The summed E-state index contributed by atoms with van der Waals surface area (Å²) >= 11 is 7.02. The van der Waals surface area contributed by atoms with Crippen molar-refractivity contribution < 1.29 is 14.3 Å². The predicted molar refractivity (Wildman–Crippen MR) is 140 cm³/mol. The van der Waals surface area contributed by atoms with Crippen molar-refractivity contribution in [3.8, 4) is 5.88 Å². The number of rotatable bonds is 9. The fraction of sp³-hybridized carbons (Fsp3) is 0.500. The number of aryl methyl sites for hydroxylation is 1. The Hall–Kier alpha value is -2.92. The average molecular weight is 515 g/mol. The Bertz CT molecular complexity index is 1110. The van der Waals surface area contributed by atoms with Gasteiger partial charge in [0, 0.05) is 29.4 Å². The van der Waals surface area contributed by atoms with Crippen LogP contribution >= 0.6 is 23.6 Å². The van der Waals surface area contributed by atoms with Gasteiger partial charge in [0.25, 0.3) is 5.91 Å². The van der Waals surface area contributed by atoms with Crippen LogP contribution in [0.2, 0.25) is 0 Å². The highest BCUT2D eigenvalue weighted by molar-refractivity contribution is 7.80. The third kappa shape index (κ3) is 6.02. The Morgan fingerprint density at radius 2 is 2.03 bits per heavy atom. The van der Waals surface area contributed by atoms with Gasteiger partial charge < -0.3 is 20.7 Å². The number of ether oxygens (including phenoxy) is 1. The maximum absolute atomic E-state index is 13.2. The number of nitrogens with zero attached hydrogens (tertiary/aromatic N) is 1. The lowest BCUT2D eigenvalue weighted by molar-refractivity contribution is -0.117. The fourth-order valence-electron chi connectivity index (χ4n) is 4.17. The van der Waals surface area contributed by atoms with Crippen LogP contribution in [0.15, 0.2) is 18.3 Å². The van der Waals surface area contributed by atoms with Crippen LogP contribution in [0, 0.1) is 11.8 Å². The first kappa shape index (κ1) is 23.8. The minimum atomic E-state index is -0.0875. The Balaban J connectivity index is 1.23. The van der Waals surface area contributed by atoms with E-state index in [4.69, 9.17) is 17.0 Å². The number of anilines is 2. The number of amides is 2. The van der Waals surface area contributed by atoms with Gasteiger partial charge in [-0.05, 0) is 74.7 Å². The largest absolute Gasteiger partial charge is 0.481 e. The quantitative estimate of drug-likeness (QED) is 0.256. The minimum absolute atomic E-state index is 0.0268.